The highest BCUT2D eigenvalue weighted by atomic mass is 32.1. The summed E-state index contributed by atoms with van der Waals surface area (Å²) in [6.07, 6.45) is 0. The molecular weight excluding hydrogens is 426 g/mol. The van der Waals surface area contributed by atoms with Crippen LogP contribution in [0, 0.1) is 10.1 Å². The van der Waals surface area contributed by atoms with Crippen LogP contribution in [0.15, 0.2) is 53.9 Å². The second kappa shape index (κ2) is 9.46. The number of amides is 1. The number of carbonyl (C=O) groups excluding carboxylic acids is 1. The molecule has 2 heterocycles. The molecule has 0 spiro atoms. The lowest BCUT2D eigenvalue weighted by molar-refractivity contribution is -0.384. The highest BCUT2D eigenvalue weighted by molar-refractivity contribution is 7.13. The smallest absolute Gasteiger partial charge is 0.270 e. The molecule has 1 aliphatic heterocycles. The van der Waals surface area contributed by atoms with Crippen LogP contribution in [0.5, 0.6) is 0 Å². The molecule has 1 fully saturated rings. The predicted molar refractivity (Wildman–Crippen MR) is 126 cm³/mol. The van der Waals surface area contributed by atoms with E-state index in [9.17, 15) is 14.9 Å². The summed E-state index contributed by atoms with van der Waals surface area (Å²) in [5, 5.41) is 14.3. The fourth-order valence-corrected chi connectivity index (χ4v) is 4.62. The van der Waals surface area contributed by atoms with E-state index in [1.165, 1.54) is 12.1 Å². The zero-order valence-electron chi connectivity index (χ0n) is 18.1. The van der Waals surface area contributed by atoms with Gasteiger partial charge in [0.1, 0.15) is 5.01 Å². The number of rotatable bonds is 6. The summed E-state index contributed by atoms with van der Waals surface area (Å²) in [6.45, 7) is 3.35. The van der Waals surface area contributed by atoms with Crippen molar-refractivity contribution in [1.82, 2.24) is 14.8 Å². The van der Waals surface area contributed by atoms with Crippen LogP contribution < -0.4 is 4.90 Å². The minimum absolute atomic E-state index is 0.0738. The average molecular weight is 452 g/mol. The molecule has 0 saturated carbocycles. The molecule has 4 rings (SSSR count). The molecular formula is C23H25N5O3S. The topological polar surface area (TPSA) is 82.8 Å². The van der Waals surface area contributed by atoms with E-state index in [4.69, 9.17) is 4.98 Å². The third-order valence-corrected chi connectivity index (χ3v) is 6.46. The first-order chi connectivity index (χ1) is 15.4. The molecule has 9 heteroatoms. The van der Waals surface area contributed by atoms with Crippen LogP contribution in [0.4, 0.5) is 11.4 Å². The molecule has 0 N–H and O–H groups in total. The van der Waals surface area contributed by atoms with Gasteiger partial charge in [-0.1, -0.05) is 30.3 Å². The summed E-state index contributed by atoms with van der Waals surface area (Å²) >= 11 is 1.64. The molecule has 3 aromatic rings. The van der Waals surface area contributed by atoms with E-state index in [2.05, 4.69) is 22.4 Å². The standard InChI is InChI=1S/C23H25N5O3S/c1-25(2)21-9-8-19(28(30)31)14-20(21)23(29)27-12-10-26(11-13-27)15-18-16-32-22(24-18)17-6-4-3-5-7-17/h3-9,14,16H,10-13,15H2,1-2H3. The fourth-order valence-electron chi connectivity index (χ4n) is 3.80. The summed E-state index contributed by atoms with van der Waals surface area (Å²) in [6, 6.07) is 14.6. The molecule has 0 bridgehead atoms. The third-order valence-electron chi connectivity index (χ3n) is 5.52. The quantitative estimate of drug-likeness (QED) is 0.419. The summed E-state index contributed by atoms with van der Waals surface area (Å²) in [5.74, 6) is -0.169. The highest BCUT2D eigenvalue weighted by Gasteiger charge is 2.26. The van der Waals surface area contributed by atoms with E-state index in [1.807, 2.05) is 32.3 Å². The molecule has 32 heavy (non-hydrogen) atoms. The van der Waals surface area contributed by atoms with E-state index < -0.39 is 4.92 Å². The number of benzene rings is 2. The number of nitro groups is 1. The van der Waals surface area contributed by atoms with Gasteiger partial charge in [0.25, 0.3) is 11.6 Å². The van der Waals surface area contributed by atoms with Gasteiger partial charge in [0, 0.05) is 75.6 Å². The van der Waals surface area contributed by atoms with Crippen LogP contribution in [0.1, 0.15) is 16.1 Å². The Labute approximate surface area is 190 Å². The van der Waals surface area contributed by atoms with Crippen molar-refractivity contribution >= 4 is 28.6 Å². The van der Waals surface area contributed by atoms with Crippen molar-refractivity contribution < 1.29 is 9.72 Å². The van der Waals surface area contributed by atoms with Gasteiger partial charge in [0.2, 0.25) is 0 Å². The van der Waals surface area contributed by atoms with Crippen LogP contribution in [-0.2, 0) is 6.54 Å². The Kier molecular flexibility index (Phi) is 6.48. The number of non-ortho nitro benzene ring substituents is 1. The lowest BCUT2D eigenvalue weighted by Crippen LogP contribution is -2.48. The van der Waals surface area contributed by atoms with E-state index in [0.717, 1.165) is 35.9 Å². The average Bonchev–Trinajstić information content (AvgIpc) is 3.27. The van der Waals surface area contributed by atoms with Gasteiger partial charge in [0.05, 0.1) is 16.2 Å². The van der Waals surface area contributed by atoms with E-state index in [-0.39, 0.29) is 11.6 Å². The van der Waals surface area contributed by atoms with Crippen molar-refractivity contribution in [3.63, 3.8) is 0 Å². The zero-order valence-corrected chi connectivity index (χ0v) is 18.9. The molecule has 0 atom stereocenters. The first-order valence-corrected chi connectivity index (χ1v) is 11.3. The van der Waals surface area contributed by atoms with Crippen molar-refractivity contribution in [2.45, 2.75) is 6.54 Å². The van der Waals surface area contributed by atoms with Crippen molar-refractivity contribution in [3.8, 4) is 10.6 Å². The Morgan fingerprint density at radius 3 is 2.50 bits per heavy atom. The fraction of sp³-hybridized carbons (Fsp3) is 0.304. The normalized spacial score (nSPS) is 14.4. The summed E-state index contributed by atoms with van der Waals surface area (Å²) in [5.41, 5.74) is 3.12. The van der Waals surface area contributed by atoms with E-state index in [0.29, 0.717) is 24.3 Å². The minimum atomic E-state index is -0.467. The number of hydrogen-bond donors (Lipinski definition) is 0. The van der Waals surface area contributed by atoms with Gasteiger partial charge < -0.3 is 9.80 Å². The monoisotopic (exact) mass is 451 g/mol. The molecule has 2 aromatic carbocycles. The molecule has 0 unspecified atom stereocenters. The Morgan fingerprint density at radius 1 is 1.12 bits per heavy atom. The number of aromatic nitrogens is 1. The molecule has 8 nitrogen and oxygen atoms in total. The van der Waals surface area contributed by atoms with Gasteiger partial charge in [-0.2, -0.15) is 0 Å². The van der Waals surface area contributed by atoms with Crippen LogP contribution in [0.25, 0.3) is 10.6 Å². The van der Waals surface area contributed by atoms with Crippen LogP contribution in [-0.4, -0.2) is 65.9 Å². The number of nitrogens with zero attached hydrogens (tertiary/aromatic N) is 5. The maximum Gasteiger partial charge on any atom is 0.270 e. The number of carbonyl (C=O) groups is 1. The third kappa shape index (κ3) is 4.79. The van der Waals surface area contributed by atoms with Crippen LogP contribution >= 0.6 is 11.3 Å². The number of piperazine rings is 1. The molecule has 1 saturated heterocycles. The van der Waals surface area contributed by atoms with Crippen molar-refractivity contribution in [1.29, 1.82) is 0 Å². The first kappa shape index (κ1) is 21.9. The van der Waals surface area contributed by atoms with Gasteiger partial charge in [-0.3, -0.25) is 19.8 Å². The summed E-state index contributed by atoms with van der Waals surface area (Å²) in [7, 11) is 3.65. The number of nitro benzene ring substituents is 1. The SMILES string of the molecule is CN(C)c1ccc([N+](=O)[O-])cc1C(=O)N1CCN(Cc2csc(-c3ccccc3)n2)CC1. The summed E-state index contributed by atoms with van der Waals surface area (Å²) < 4.78 is 0. The second-order valence-electron chi connectivity index (χ2n) is 7.93. The Balaban J connectivity index is 1.40. The number of hydrogen-bond acceptors (Lipinski definition) is 7. The van der Waals surface area contributed by atoms with Gasteiger partial charge in [-0.05, 0) is 6.07 Å². The molecule has 1 aromatic heterocycles. The van der Waals surface area contributed by atoms with Gasteiger partial charge in [0.15, 0.2) is 0 Å². The van der Waals surface area contributed by atoms with Gasteiger partial charge >= 0.3 is 0 Å². The Hall–Kier alpha value is -3.30. The maximum atomic E-state index is 13.2. The van der Waals surface area contributed by atoms with Crippen LogP contribution in [0.3, 0.4) is 0 Å². The van der Waals surface area contributed by atoms with Crippen LogP contribution in [0.2, 0.25) is 0 Å². The zero-order chi connectivity index (χ0) is 22.7. The second-order valence-corrected chi connectivity index (χ2v) is 8.79. The molecule has 166 valence electrons. The first-order valence-electron chi connectivity index (χ1n) is 10.4. The van der Waals surface area contributed by atoms with Crippen molar-refractivity contribution in [2.24, 2.45) is 0 Å². The number of thiazole rings is 1. The molecule has 0 radical (unpaired) electrons. The number of anilines is 1. The van der Waals surface area contributed by atoms with Crippen molar-refractivity contribution in [3.05, 3.63) is 75.3 Å². The molecule has 1 amide bonds. The molecule has 0 aliphatic carbocycles. The lowest BCUT2D eigenvalue weighted by Gasteiger charge is -2.35. The van der Waals surface area contributed by atoms with Gasteiger partial charge in [-0.25, -0.2) is 4.98 Å². The minimum Gasteiger partial charge on any atom is -0.377 e. The maximum absolute atomic E-state index is 13.2. The lowest BCUT2D eigenvalue weighted by atomic mass is 10.1. The predicted octanol–water partition coefficient (Wildman–Crippen LogP) is 3.74. The highest BCUT2D eigenvalue weighted by Crippen LogP contribution is 2.27. The van der Waals surface area contributed by atoms with Gasteiger partial charge in [-0.15, -0.1) is 11.3 Å². The summed E-state index contributed by atoms with van der Waals surface area (Å²) in [4.78, 5) is 34.5. The van der Waals surface area contributed by atoms with E-state index in [1.54, 1.807) is 27.2 Å². The molecule has 1 aliphatic rings. The Morgan fingerprint density at radius 2 is 1.84 bits per heavy atom. The largest absolute Gasteiger partial charge is 0.377 e. The van der Waals surface area contributed by atoms with Crippen molar-refractivity contribution in [2.75, 3.05) is 45.2 Å². The Bertz CT molecular complexity index is 1110. The van der Waals surface area contributed by atoms with E-state index >= 15 is 0 Å².